The third-order valence-electron chi connectivity index (χ3n) is 2.36. The van der Waals surface area contributed by atoms with Crippen LogP contribution in [-0.4, -0.2) is 9.78 Å². The summed E-state index contributed by atoms with van der Waals surface area (Å²) in [5, 5.41) is 6.47. The molecule has 0 aliphatic rings. The molecule has 2 aromatic rings. The molecule has 0 amide bonds. The number of hydrogen-bond donors (Lipinski definition) is 1. The Morgan fingerprint density at radius 3 is 2.73 bits per heavy atom. The van der Waals surface area contributed by atoms with Gasteiger partial charge in [0.2, 0.25) is 0 Å². The molecule has 2 heterocycles. The number of nitrogens with two attached hydrogens (primary N) is 1. The van der Waals surface area contributed by atoms with E-state index in [1.807, 2.05) is 18.5 Å². The number of hydrogen-bond acceptors (Lipinski definition) is 3. The van der Waals surface area contributed by atoms with Crippen LogP contribution in [0.2, 0.25) is 0 Å². The first-order valence-electron chi connectivity index (χ1n) is 4.60. The number of anilines is 1. The van der Waals surface area contributed by atoms with Gasteiger partial charge >= 0.3 is 0 Å². The second-order valence-electron chi connectivity index (χ2n) is 3.47. The molecule has 15 heavy (non-hydrogen) atoms. The van der Waals surface area contributed by atoms with Crippen LogP contribution in [0.5, 0.6) is 0 Å². The minimum absolute atomic E-state index is 0.792. The summed E-state index contributed by atoms with van der Waals surface area (Å²) in [5.41, 5.74) is 8.61. The Morgan fingerprint density at radius 1 is 1.53 bits per heavy atom. The highest BCUT2D eigenvalue weighted by Crippen LogP contribution is 2.22. The summed E-state index contributed by atoms with van der Waals surface area (Å²) < 4.78 is 3.07. The molecular weight excluding hydrogens is 274 g/mol. The molecule has 2 rings (SSSR count). The summed E-state index contributed by atoms with van der Waals surface area (Å²) in [6.07, 6.45) is 0. The lowest BCUT2D eigenvalue weighted by atomic mass is 10.3. The second-order valence-corrected chi connectivity index (χ2v) is 5.38. The Labute approximate surface area is 101 Å². The Morgan fingerprint density at radius 2 is 2.27 bits per heavy atom. The van der Waals surface area contributed by atoms with Gasteiger partial charge in [0, 0.05) is 14.7 Å². The molecule has 0 aliphatic heterocycles. The molecule has 0 spiro atoms. The highest BCUT2D eigenvalue weighted by molar-refractivity contribution is 9.10. The minimum Gasteiger partial charge on any atom is -0.396 e. The maximum absolute atomic E-state index is 5.87. The summed E-state index contributed by atoms with van der Waals surface area (Å²) in [4.78, 5) is 1.27. The second kappa shape index (κ2) is 3.98. The zero-order valence-electron chi connectivity index (χ0n) is 8.62. The third-order valence-corrected chi connectivity index (χ3v) is 4.05. The van der Waals surface area contributed by atoms with Gasteiger partial charge in [0.05, 0.1) is 23.6 Å². The lowest BCUT2D eigenvalue weighted by Gasteiger charge is -2.01. The first kappa shape index (κ1) is 10.7. The van der Waals surface area contributed by atoms with Crippen LogP contribution in [0.15, 0.2) is 15.9 Å². The van der Waals surface area contributed by atoms with E-state index in [4.69, 9.17) is 5.73 Å². The summed E-state index contributed by atoms with van der Waals surface area (Å²) in [6, 6.07) is 2.11. The zero-order valence-corrected chi connectivity index (χ0v) is 11.0. The quantitative estimate of drug-likeness (QED) is 0.922. The monoisotopic (exact) mass is 285 g/mol. The van der Waals surface area contributed by atoms with Crippen molar-refractivity contribution in [3.8, 4) is 0 Å². The van der Waals surface area contributed by atoms with E-state index in [0.717, 1.165) is 28.1 Å². The Balaban J connectivity index is 2.28. The fourth-order valence-electron chi connectivity index (χ4n) is 1.45. The van der Waals surface area contributed by atoms with Crippen LogP contribution < -0.4 is 5.73 Å². The number of halogens is 1. The molecule has 0 saturated heterocycles. The van der Waals surface area contributed by atoms with Gasteiger partial charge < -0.3 is 5.73 Å². The van der Waals surface area contributed by atoms with E-state index in [1.54, 1.807) is 11.3 Å². The average Bonchev–Trinajstić information content (AvgIpc) is 2.68. The normalized spacial score (nSPS) is 10.9. The molecule has 3 nitrogen and oxygen atoms in total. The molecular formula is C10H12BrN3S. The van der Waals surface area contributed by atoms with E-state index in [9.17, 15) is 0 Å². The van der Waals surface area contributed by atoms with Crippen molar-refractivity contribution in [2.75, 3.05) is 5.73 Å². The lowest BCUT2D eigenvalue weighted by Crippen LogP contribution is -2.02. The van der Waals surface area contributed by atoms with Crippen molar-refractivity contribution in [1.82, 2.24) is 9.78 Å². The number of nitrogens with zero attached hydrogens (tertiary/aromatic N) is 2. The lowest BCUT2D eigenvalue weighted by molar-refractivity contribution is 0.666. The van der Waals surface area contributed by atoms with Crippen LogP contribution >= 0.6 is 27.3 Å². The molecule has 5 heteroatoms. The minimum atomic E-state index is 0.792. The molecule has 0 fully saturated rings. The van der Waals surface area contributed by atoms with Gasteiger partial charge in [0.1, 0.15) is 0 Å². The van der Waals surface area contributed by atoms with Crippen molar-refractivity contribution in [2.45, 2.75) is 20.4 Å². The SMILES string of the molecule is Cc1nn(Cc2cc(Br)cs2)c(C)c1N. The molecule has 0 aliphatic carbocycles. The number of aromatic nitrogens is 2. The van der Waals surface area contributed by atoms with E-state index < -0.39 is 0 Å². The zero-order chi connectivity index (χ0) is 11.0. The molecule has 80 valence electrons. The van der Waals surface area contributed by atoms with Gasteiger partial charge in [-0.05, 0) is 35.8 Å². The van der Waals surface area contributed by atoms with Gasteiger partial charge in [-0.1, -0.05) is 0 Å². The highest BCUT2D eigenvalue weighted by Gasteiger charge is 2.08. The van der Waals surface area contributed by atoms with E-state index >= 15 is 0 Å². The molecule has 0 radical (unpaired) electrons. The number of thiophene rings is 1. The average molecular weight is 286 g/mol. The molecule has 0 bridgehead atoms. The van der Waals surface area contributed by atoms with Gasteiger partial charge in [-0.2, -0.15) is 5.10 Å². The maximum atomic E-state index is 5.87. The summed E-state index contributed by atoms with van der Waals surface area (Å²) in [7, 11) is 0. The van der Waals surface area contributed by atoms with Gasteiger partial charge in [-0.25, -0.2) is 0 Å². The smallest absolute Gasteiger partial charge is 0.0826 e. The van der Waals surface area contributed by atoms with E-state index in [1.165, 1.54) is 4.88 Å². The van der Waals surface area contributed by atoms with Crippen molar-refractivity contribution >= 4 is 33.0 Å². The van der Waals surface area contributed by atoms with Crippen LogP contribution in [0.4, 0.5) is 5.69 Å². The van der Waals surface area contributed by atoms with Crippen molar-refractivity contribution in [1.29, 1.82) is 0 Å². The number of nitrogen functional groups attached to an aromatic ring is 1. The third kappa shape index (κ3) is 2.08. The van der Waals surface area contributed by atoms with E-state index in [-0.39, 0.29) is 0 Å². The van der Waals surface area contributed by atoms with Crippen molar-refractivity contribution in [2.24, 2.45) is 0 Å². The van der Waals surface area contributed by atoms with Crippen molar-refractivity contribution in [3.63, 3.8) is 0 Å². The van der Waals surface area contributed by atoms with Crippen molar-refractivity contribution < 1.29 is 0 Å². The van der Waals surface area contributed by atoms with Crippen LogP contribution in [0, 0.1) is 13.8 Å². The fraction of sp³-hybridized carbons (Fsp3) is 0.300. The summed E-state index contributed by atoms with van der Waals surface area (Å²) in [6.45, 7) is 4.72. The topological polar surface area (TPSA) is 43.8 Å². The largest absolute Gasteiger partial charge is 0.396 e. The molecule has 0 aromatic carbocycles. The van der Waals surface area contributed by atoms with Crippen LogP contribution in [0.25, 0.3) is 0 Å². The molecule has 0 saturated carbocycles. The first-order valence-corrected chi connectivity index (χ1v) is 6.27. The van der Waals surface area contributed by atoms with Gasteiger partial charge in [0.25, 0.3) is 0 Å². The van der Waals surface area contributed by atoms with E-state index in [0.29, 0.717) is 0 Å². The van der Waals surface area contributed by atoms with E-state index in [2.05, 4.69) is 32.5 Å². The number of aryl methyl sites for hydroxylation is 1. The van der Waals surface area contributed by atoms with Crippen LogP contribution in [0.1, 0.15) is 16.3 Å². The summed E-state index contributed by atoms with van der Waals surface area (Å²) >= 11 is 5.16. The summed E-state index contributed by atoms with van der Waals surface area (Å²) in [5.74, 6) is 0. The highest BCUT2D eigenvalue weighted by atomic mass is 79.9. The Hall–Kier alpha value is -0.810. The standard InChI is InChI=1S/C10H12BrN3S/c1-6-10(12)7(2)14(13-6)4-9-3-8(11)5-15-9/h3,5H,4,12H2,1-2H3. The van der Waals surface area contributed by atoms with Crippen LogP contribution in [-0.2, 0) is 6.54 Å². The predicted octanol–water partition coefficient (Wildman–Crippen LogP) is 2.95. The molecule has 2 N–H and O–H groups in total. The number of rotatable bonds is 2. The molecule has 2 aromatic heterocycles. The fourth-order valence-corrected chi connectivity index (χ4v) is 2.88. The predicted molar refractivity (Wildman–Crippen MR) is 67.2 cm³/mol. The Bertz CT molecular complexity index is 487. The Kier molecular flexibility index (Phi) is 2.84. The van der Waals surface area contributed by atoms with Crippen molar-refractivity contribution in [3.05, 3.63) is 32.2 Å². The van der Waals surface area contributed by atoms with Crippen LogP contribution in [0.3, 0.4) is 0 Å². The molecule has 0 unspecified atom stereocenters. The van der Waals surface area contributed by atoms with Gasteiger partial charge in [-0.3, -0.25) is 4.68 Å². The maximum Gasteiger partial charge on any atom is 0.0826 e. The van der Waals surface area contributed by atoms with Gasteiger partial charge in [0.15, 0.2) is 0 Å². The van der Waals surface area contributed by atoms with Gasteiger partial charge in [-0.15, -0.1) is 11.3 Å². The molecule has 0 atom stereocenters. The first-order chi connectivity index (χ1) is 7.08.